The summed E-state index contributed by atoms with van der Waals surface area (Å²) in [5.41, 5.74) is 1.38. The maximum atomic E-state index is 9.36. The van der Waals surface area contributed by atoms with Gasteiger partial charge in [0.25, 0.3) is 0 Å². The molecule has 0 saturated heterocycles. The predicted octanol–water partition coefficient (Wildman–Crippen LogP) is 3.19. The molecule has 0 radical (unpaired) electrons. The van der Waals surface area contributed by atoms with Gasteiger partial charge in [-0.05, 0) is 32.1 Å². The molecule has 4 nitrogen and oxygen atoms in total. The molecule has 3 aliphatic rings. The van der Waals surface area contributed by atoms with Crippen molar-refractivity contribution in [1.82, 2.24) is 0 Å². The Balaban J connectivity index is 2.09. The molecule has 1 aliphatic heterocycles. The third-order valence-electron chi connectivity index (χ3n) is 5.08. The van der Waals surface area contributed by atoms with Crippen molar-refractivity contribution in [1.29, 1.82) is 10.5 Å². The topological polar surface area (TPSA) is 72.3 Å². The molecule has 0 aromatic heterocycles. The van der Waals surface area contributed by atoms with Crippen LogP contribution in [0.2, 0.25) is 0 Å². The lowest BCUT2D eigenvalue weighted by Crippen LogP contribution is -2.43. The van der Waals surface area contributed by atoms with Crippen LogP contribution in [-0.4, -0.2) is 23.0 Å². The van der Waals surface area contributed by atoms with Crippen molar-refractivity contribution in [3.8, 4) is 12.1 Å². The summed E-state index contributed by atoms with van der Waals surface area (Å²) in [7, 11) is 0. The van der Waals surface area contributed by atoms with E-state index in [0.29, 0.717) is 11.6 Å². The van der Waals surface area contributed by atoms with Crippen LogP contribution in [0.25, 0.3) is 0 Å². The summed E-state index contributed by atoms with van der Waals surface area (Å²) in [6.07, 6.45) is 10.2. The standard InChI is InChI=1S/C16H20N4/c17-10-14-15(11-18)20-16(8-4-1-5-9-16)12-6-2-3-7-13(12)19-14/h12,14H,1-9H2. The third-order valence-corrected chi connectivity index (χ3v) is 5.08. The van der Waals surface area contributed by atoms with Gasteiger partial charge >= 0.3 is 0 Å². The number of nitrogens with zero attached hydrogens (tertiary/aromatic N) is 4. The first-order valence-electron chi connectivity index (χ1n) is 7.75. The van der Waals surface area contributed by atoms with Gasteiger partial charge in [-0.3, -0.25) is 9.98 Å². The highest BCUT2D eigenvalue weighted by atomic mass is 15.0. The van der Waals surface area contributed by atoms with E-state index in [1.54, 1.807) is 0 Å². The molecule has 0 N–H and O–H groups in total. The molecule has 0 aromatic carbocycles. The summed E-state index contributed by atoms with van der Waals surface area (Å²) in [4.78, 5) is 9.46. The summed E-state index contributed by atoms with van der Waals surface area (Å²) >= 11 is 0. The molecule has 2 aliphatic carbocycles. The van der Waals surface area contributed by atoms with Crippen LogP contribution in [0.3, 0.4) is 0 Å². The number of aliphatic imine (C=N–C) groups is 2. The van der Waals surface area contributed by atoms with Crippen LogP contribution < -0.4 is 0 Å². The second kappa shape index (κ2) is 5.37. The van der Waals surface area contributed by atoms with Crippen LogP contribution in [0.1, 0.15) is 57.8 Å². The average molecular weight is 268 g/mol. The van der Waals surface area contributed by atoms with E-state index in [1.165, 1.54) is 31.4 Å². The Morgan fingerprint density at radius 3 is 2.55 bits per heavy atom. The molecule has 2 saturated carbocycles. The van der Waals surface area contributed by atoms with Gasteiger partial charge in [0.05, 0.1) is 11.6 Å². The molecular formula is C16H20N4. The summed E-state index contributed by atoms with van der Waals surface area (Å²) in [5, 5.41) is 18.7. The van der Waals surface area contributed by atoms with E-state index in [9.17, 15) is 10.5 Å². The Kier molecular flexibility index (Phi) is 3.57. The second-order valence-electron chi connectivity index (χ2n) is 6.22. The van der Waals surface area contributed by atoms with Crippen LogP contribution in [0, 0.1) is 28.6 Å². The molecule has 2 fully saturated rings. The van der Waals surface area contributed by atoms with Crippen molar-refractivity contribution >= 4 is 11.4 Å². The molecular weight excluding hydrogens is 248 g/mol. The monoisotopic (exact) mass is 268 g/mol. The van der Waals surface area contributed by atoms with Gasteiger partial charge in [-0.15, -0.1) is 0 Å². The van der Waals surface area contributed by atoms with Gasteiger partial charge in [-0.2, -0.15) is 10.5 Å². The highest BCUT2D eigenvalue weighted by Crippen LogP contribution is 2.44. The third kappa shape index (κ3) is 2.14. The van der Waals surface area contributed by atoms with Gasteiger partial charge in [0, 0.05) is 11.6 Å². The average Bonchev–Trinajstić information content (AvgIpc) is 2.63. The molecule has 2 unspecified atom stereocenters. The molecule has 3 rings (SSSR count). The molecule has 0 amide bonds. The van der Waals surface area contributed by atoms with Crippen molar-refractivity contribution in [2.24, 2.45) is 15.9 Å². The molecule has 20 heavy (non-hydrogen) atoms. The molecule has 1 spiro atoms. The SMILES string of the molecule is N#CC1=NC2(CCCCC2)C2CCCCC2=NC1C#N. The van der Waals surface area contributed by atoms with Gasteiger partial charge < -0.3 is 0 Å². The molecule has 2 atom stereocenters. The fraction of sp³-hybridized carbons (Fsp3) is 0.750. The fourth-order valence-corrected chi connectivity index (χ4v) is 4.14. The van der Waals surface area contributed by atoms with E-state index in [4.69, 9.17) is 4.99 Å². The molecule has 104 valence electrons. The normalized spacial score (nSPS) is 32.1. The minimum atomic E-state index is -0.670. The van der Waals surface area contributed by atoms with Gasteiger partial charge in [-0.25, -0.2) is 0 Å². The maximum Gasteiger partial charge on any atom is 0.187 e. The van der Waals surface area contributed by atoms with Crippen LogP contribution >= 0.6 is 0 Å². The van der Waals surface area contributed by atoms with Crippen molar-refractivity contribution in [3.05, 3.63) is 0 Å². The molecule has 0 bridgehead atoms. The number of hydrogen-bond acceptors (Lipinski definition) is 4. The van der Waals surface area contributed by atoms with Crippen molar-refractivity contribution < 1.29 is 0 Å². The number of fused-ring (bicyclic) bond motifs is 2. The number of nitriles is 2. The molecule has 4 heteroatoms. The van der Waals surface area contributed by atoms with E-state index in [2.05, 4.69) is 17.1 Å². The first-order chi connectivity index (χ1) is 9.79. The van der Waals surface area contributed by atoms with Crippen molar-refractivity contribution in [3.63, 3.8) is 0 Å². The lowest BCUT2D eigenvalue weighted by Gasteiger charge is -2.42. The Labute approximate surface area is 120 Å². The zero-order valence-electron chi connectivity index (χ0n) is 11.8. The van der Waals surface area contributed by atoms with Crippen molar-refractivity contribution in [2.75, 3.05) is 0 Å². The Morgan fingerprint density at radius 2 is 1.85 bits per heavy atom. The minimum absolute atomic E-state index is 0.131. The summed E-state index contributed by atoms with van der Waals surface area (Å²) < 4.78 is 0. The van der Waals surface area contributed by atoms with E-state index in [0.717, 1.165) is 32.1 Å². The zero-order valence-corrected chi connectivity index (χ0v) is 11.8. The highest BCUT2D eigenvalue weighted by Gasteiger charge is 2.45. The second-order valence-corrected chi connectivity index (χ2v) is 6.22. The maximum absolute atomic E-state index is 9.36. The smallest absolute Gasteiger partial charge is 0.187 e. The number of rotatable bonds is 0. The summed E-state index contributed by atoms with van der Waals surface area (Å²) in [6, 6.07) is 3.64. The zero-order chi connectivity index (χ0) is 14.0. The predicted molar refractivity (Wildman–Crippen MR) is 77.7 cm³/mol. The first-order valence-corrected chi connectivity index (χ1v) is 7.75. The number of hydrogen-bond donors (Lipinski definition) is 0. The minimum Gasteiger partial charge on any atom is -0.268 e. The van der Waals surface area contributed by atoms with Gasteiger partial charge in [0.15, 0.2) is 11.8 Å². The van der Waals surface area contributed by atoms with E-state index < -0.39 is 6.04 Å². The lowest BCUT2D eigenvalue weighted by molar-refractivity contribution is 0.225. The first kappa shape index (κ1) is 13.3. The van der Waals surface area contributed by atoms with Crippen LogP contribution in [0.5, 0.6) is 0 Å². The molecule has 0 aromatic rings. The summed E-state index contributed by atoms with van der Waals surface area (Å²) in [6.45, 7) is 0. The summed E-state index contributed by atoms with van der Waals surface area (Å²) in [5.74, 6) is 0.373. The Bertz CT molecular complexity index is 526. The van der Waals surface area contributed by atoms with Crippen LogP contribution in [0.4, 0.5) is 0 Å². The van der Waals surface area contributed by atoms with E-state index in [1.807, 2.05) is 0 Å². The molecule has 1 heterocycles. The highest BCUT2D eigenvalue weighted by molar-refractivity contribution is 6.07. The fourth-order valence-electron chi connectivity index (χ4n) is 4.14. The van der Waals surface area contributed by atoms with Gasteiger partial charge in [-0.1, -0.05) is 25.7 Å². The van der Waals surface area contributed by atoms with Crippen LogP contribution in [-0.2, 0) is 0 Å². The quantitative estimate of drug-likeness (QED) is 0.676. The lowest BCUT2D eigenvalue weighted by atomic mass is 9.67. The van der Waals surface area contributed by atoms with Crippen molar-refractivity contribution in [2.45, 2.75) is 69.4 Å². The van der Waals surface area contributed by atoms with E-state index in [-0.39, 0.29) is 5.54 Å². The van der Waals surface area contributed by atoms with Gasteiger partial charge in [0.2, 0.25) is 0 Å². The largest absolute Gasteiger partial charge is 0.268 e. The van der Waals surface area contributed by atoms with Crippen LogP contribution in [0.15, 0.2) is 9.98 Å². The van der Waals surface area contributed by atoms with E-state index >= 15 is 0 Å². The Morgan fingerprint density at radius 1 is 1.05 bits per heavy atom. The Hall–Kier alpha value is -1.68. The van der Waals surface area contributed by atoms with Gasteiger partial charge in [0.1, 0.15) is 6.07 Å².